The van der Waals surface area contributed by atoms with Crippen LogP contribution in [0.2, 0.25) is 0 Å². The average molecular weight is 423 g/mol. The Morgan fingerprint density at radius 1 is 1.19 bits per heavy atom. The van der Waals surface area contributed by atoms with Crippen molar-refractivity contribution in [3.63, 3.8) is 0 Å². The molecular formula is C21H15BrN2O3. The smallest absolute Gasteiger partial charge is 0.248 e. The molecule has 0 atom stereocenters. The van der Waals surface area contributed by atoms with Gasteiger partial charge in [0.05, 0.1) is 6.26 Å². The van der Waals surface area contributed by atoms with Crippen molar-refractivity contribution in [2.75, 3.05) is 5.32 Å². The standard InChI is InChI=1S/C21H15BrN2O3/c1-13-11-14(4-7-17(13)22)21-24-18-12-15(5-8-19(18)27-21)23-20(25)9-6-16-3-2-10-26-16/h2-12H,1H3,(H,23,25). The molecule has 2 aromatic heterocycles. The number of hydrogen-bond acceptors (Lipinski definition) is 4. The molecule has 1 N–H and O–H groups in total. The van der Waals surface area contributed by atoms with E-state index in [-0.39, 0.29) is 5.91 Å². The van der Waals surface area contributed by atoms with E-state index in [1.54, 1.807) is 42.7 Å². The average Bonchev–Trinajstić information content (AvgIpc) is 3.31. The summed E-state index contributed by atoms with van der Waals surface area (Å²) in [7, 11) is 0. The number of benzene rings is 2. The zero-order valence-corrected chi connectivity index (χ0v) is 16.0. The van der Waals surface area contributed by atoms with Crippen LogP contribution >= 0.6 is 15.9 Å². The molecule has 27 heavy (non-hydrogen) atoms. The van der Waals surface area contributed by atoms with Crippen molar-refractivity contribution in [1.82, 2.24) is 4.98 Å². The van der Waals surface area contributed by atoms with Gasteiger partial charge in [-0.3, -0.25) is 4.79 Å². The SMILES string of the molecule is Cc1cc(-c2nc3cc(NC(=O)C=Cc4ccco4)ccc3o2)ccc1Br. The number of amides is 1. The molecule has 0 spiro atoms. The fourth-order valence-electron chi connectivity index (χ4n) is 2.63. The van der Waals surface area contributed by atoms with Gasteiger partial charge in [-0.15, -0.1) is 0 Å². The maximum absolute atomic E-state index is 12.1. The number of fused-ring (bicyclic) bond motifs is 1. The van der Waals surface area contributed by atoms with Crippen molar-refractivity contribution in [2.45, 2.75) is 6.92 Å². The summed E-state index contributed by atoms with van der Waals surface area (Å²) >= 11 is 3.49. The molecule has 2 aromatic carbocycles. The number of aromatic nitrogens is 1. The lowest BCUT2D eigenvalue weighted by Gasteiger charge is -2.00. The molecule has 5 nitrogen and oxygen atoms in total. The van der Waals surface area contributed by atoms with Gasteiger partial charge < -0.3 is 14.2 Å². The van der Waals surface area contributed by atoms with E-state index in [4.69, 9.17) is 8.83 Å². The fraction of sp³-hybridized carbons (Fsp3) is 0.0476. The van der Waals surface area contributed by atoms with Gasteiger partial charge in [0.2, 0.25) is 11.8 Å². The minimum Gasteiger partial charge on any atom is -0.465 e. The second-order valence-corrected chi connectivity index (χ2v) is 6.86. The van der Waals surface area contributed by atoms with Crippen LogP contribution in [0.3, 0.4) is 0 Å². The van der Waals surface area contributed by atoms with Crippen LogP contribution in [0.4, 0.5) is 5.69 Å². The number of nitrogens with one attached hydrogen (secondary N) is 1. The minimum atomic E-state index is -0.252. The molecule has 0 bridgehead atoms. The molecule has 4 rings (SSSR count). The first-order valence-corrected chi connectivity index (χ1v) is 9.07. The summed E-state index contributed by atoms with van der Waals surface area (Å²) in [4.78, 5) is 16.6. The first-order chi connectivity index (χ1) is 13.1. The van der Waals surface area contributed by atoms with E-state index < -0.39 is 0 Å². The van der Waals surface area contributed by atoms with Crippen molar-refractivity contribution in [1.29, 1.82) is 0 Å². The van der Waals surface area contributed by atoms with Crippen molar-refractivity contribution in [3.8, 4) is 11.5 Å². The van der Waals surface area contributed by atoms with Gasteiger partial charge in [0.15, 0.2) is 5.58 Å². The summed E-state index contributed by atoms with van der Waals surface area (Å²) in [5, 5.41) is 2.81. The molecule has 4 aromatic rings. The largest absolute Gasteiger partial charge is 0.465 e. The van der Waals surface area contributed by atoms with Crippen molar-refractivity contribution in [2.24, 2.45) is 0 Å². The number of hydrogen-bond donors (Lipinski definition) is 1. The van der Waals surface area contributed by atoms with E-state index in [9.17, 15) is 4.79 Å². The Hall–Kier alpha value is -3.12. The monoisotopic (exact) mass is 422 g/mol. The Balaban J connectivity index is 1.55. The van der Waals surface area contributed by atoms with Gasteiger partial charge >= 0.3 is 0 Å². The molecule has 2 heterocycles. The Morgan fingerprint density at radius 3 is 2.85 bits per heavy atom. The van der Waals surface area contributed by atoms with E-state index in [0.29, 0.717) is 28.4 Å². The number of nitrogens with zero attached hydrogens (tertiary/aromatic N) is 1. The topological polar surface area (TPSA) is 68.3 Å². The summed E-state index contributed by atoms with van der Waals surface area (Å²) in [6.07, 6.45) is 4.58. The normalized spacial score (nSPS) is 11.3. The van der Waals surface area contributed by atoms with Crippen molar-refractivity contribution >= 4 is 44.7 Å². The fourth-order valence-corrected chi connectivity index (χ4v) is 2.88. The predicted molar refractivity (Wildman–Crippen MR) is 108 cm³/mol. The molecule has 0 saturated heterocycles. The van der Waals surface area contributed by atoms with E-state index in [2.05, 4.69) is 26.2 Å². The molecule has 0 fully saturated rings. The Bertz CT molecular complexity index is 1140. The molecule has 6 heteroatoms. The molecule has 1 amide bonds. The third-order valence-electron chi connectivity index (χ3n) is 4.00. The molecule has 0 unspecified atom stereocenters. The van der Waals surface area contributed by atoms with Gasteiger partial charge in [0.1, 0.15) is 11.3 Å². The first kappa shape index (κ1) is 17.3. The van der Waals surface area contributed by atoms with Crippen LogP contribution in [-0.4, -0.2) is 10.9 Å². The van der Waals surface area contributed by atoms with Gasteiger partial charge in [0.25, 0.3) is 0 Å². The third-order valence-corrected chi connectivity index (χ3v) is 4.89. The number of oxazole rings is 1. The van der Waals surface area contributed by atoms with Crippen LogP contribution < -0.4 is 5.32 Å². The lowest BCUT2D eigenvalue weighted by Crippen LogP contribution is -2.07. The van der Waals surface area contributed by atoms with Crippen LogP contribution in [0.1, 0.15) is 11.3 Å². The summed E-state index contributed by atoms with van der Waals surface area (Å²) in [6.45, 7) is 2.01. The Morgan fingerprint density at radius 2 is 2.07 bits per heavy atom. The number of rotatable bonds is 4. The van der Waals surface area contributed by atoms with Gasteiger partial charge in [-0.2, -0.15) is 0 Å². The third kappa shape index (κ3) is 3.85. The maximum atomic E-state index is 12.1. The lowest BCUT2D eigenvalue weighted by molar-refractivity contribution is -0.111. The van der Waals surface area contributed by atoms with Crippen LogP contribution in [0.15, 0.2) is 74.2 Å². The highest BCUT2D eigenvalue weighted by Gasteiger charge is 2.10. The lowest BCUT2D eigenvalue weighted by atomic mass is 10.1. The Kier molecular flexibility index (Phi) is 4.64. The van der Waals surface area contributed by atoms with Gasteiger partial charge in [-0.25, -0.2) is 4.98 Å². The quantitative estimate of drug-likeness (QED) is 0.421. The summed E-state index contributed by atoms with van der Waals surface area (Å²) in [5.74, 6) is 0.909. The van der Waals surface area contributed by atoms with Gasteiger partial charge in [-0.1, -0.05) is 15.9 Å². The number of carbonyl (C=O) groups is 1. The number of anilines is 1. The van der Waals surface area contributed by atoms with Crippen LogP contribution in [0, 0.1) is 6.92 Å². The molecule has 0 saturated carbocycles. The van der Waals surface area contributed by atoms with E-state index >= 15 is 0 Å². The Labute approximate surface area is 163 Å². The zero-order valence-electron chi connectivity index (χ0n) is 14.4. The zero-order chi connectivity index (χ0) is 18.8. The molecule has 134 valence electrons. The maximum Gasteiger partial charge on any atom is 0.248 e. The van der Waals surface area contributed by atoms with Crippen molar-refractivity contribution < 1.29 is 13.6 Å². The molecular weight excluding hydrogens is 408 g/mol. The number of halogens is 1. The second-order valence-electron chi connectivity index (χ2n) is 6.00. The van der Waals surface area contributed by atoms with Gasteiger partial charge in [0, 0.05) is 21.8 Å². The molecule has 0 aliphatic rings. The number of aryl methyl sites for hydroxylation is 1. The van der Waals surface area contributed by atoms with E-state index in [1.807, 2.05) is 25.1 Å². The highest BCUT2D eigenvalue weighted by atomic mass is 79.9. The van der Waals surface area contributed by atoms with E-state index in [0.717, 1.165) is 15.6 Å². The summed E-state index contributed by atoms with van der Waals surface area (Å²) < 4.78 is 12.0. The summed E-state index contributed by atoms with van der Waals surface area (Å²) in [5.41, 5.74) is 3.99. The predicted octanol–water partition coefficient (Wildman–Crippen LogP) is 5.81. The highest BCUT2D eigenvalue weighted by molar-refractivity contribution is 9.10. The molecule has 0 aliphatic heterocycles. The second kappa shape index (κ2) is 7.25. The number of furan rings is 1. The number of carbonyl (C=O) groups excluding carboxylic acids is 1. The highest BCUT2D eigenvalue weighted by Crippen LogP contribution is 2.28. The minimum absolute atomic E-state index is 0.252. The van der Waals surface area contributed by atoms with E-state index in [1.165, 1.54) is 6.08 Å². The first-order valence-electron chi connectivity index (χ1n) is 8.28. The molecule has 0 aliphatic carbocycles. The van der Waals surface area contributed by atoms with Crippen molar-refractivity contribution in [3.05, 3.63) is 76.7 Å². The summed E-state index contributed by atoms with van der Waals surface area (Å²) in [6, 6.07) is 14.8. The van der Waals surface area contributed by atoms with Gasteiger partial charge in [-0.05, 0) is 67.1 Å². The van der Waals surface area contributed by atoms with Crippen LogP contribution in [0.25, 0.3) is 28.6 Å². The van der Waals surface area contributed by atoms with Crippen LogP contribution in [-0.2, 0) is 4.79 Å². The van der Waals surface area contributed by atoms with Crippen LogP contribution in [0.5, 0.6) is 0 Å². The molecule has 0 radical (unpaired) electrons.